The Kier molecular flexibility index (Phi) is 3.37. The van der Waals surface area contributed by atoms with E-state index < -0.39 is 0 Å². The summed E-state index contributed by atoms with van der Waals surface area (Å²) in [6, 6.07) is 6.62. The lowest BCUT2D eigenvalue weighted by molar-refractivity contribution is 0.548. The molecule has 1 atom stereocenters. The van der Waals surface area contributed by atoms with Crippen LogP contribution in [0.15, 0.2) is 41.8 Å². The fourth-order valence-corrected chi connectivity index (χ4v) is 2.67. The fourth-order valence-electron chi connectivity index (χ4n) is 2.67. The van der Waals surface area contributed by atoms with Gasteiger partial charge in [-0.05, 0) is 32.0 Å². The van der Waals surface area contributed by atoms with Gasteiger partial charge in [-0.2, -0.15) is 0 Å². The molecule has 1 aliphatic rings. The van der Waals surface area contributed by atoms with Gasteiger partial charge in [-0.25, -0.2) is 9.37 Å². The molecule has 1 aliphatic heterocycles. The zero-order valence-electron chi connectivity index (χ0n) is 12.1. The summed E-state index contributed by atoms with van der Waals surface area (Å²) < 4.78 is 15.6. The van der Waals surface area contributed by atoms with Gasteiger partial charge in [0.05, 0.1) is 30.8 Å². The van der Waals surface area contributed by atoms with Gasteiger partial charge in [-0.15, -0.1) is 0 Å². The number of anilines is 1. The Bertz CT molecular complexity index is 676. The van der Waals surface area contributed by atoms with Crippen molar-refractivity contribution in [3.63, 3.8) is 0 Å². The molecule has 3 rings (SSSR count). The van der Waals surface area contributed by atoms with Crippen molar-refractivity contribution in [1.82, 2.24) is 9.55 Å². The van der Waals surface area contributed by atoms with Crippen LogP contribution in [0.25, 0.3) is 0 Å². The number of imidazole rings is 1. The molecule has 0 bridgehead atoms. The highest BCUT2D eigenvalue weighted by molar-refractivity contribution is 5.97. The van der Waals surface area contributed by atoms with Gasteiger partial charge in [0.15, 0.2) is 5.96 Å². The van der Waals surface area contributed by atoms with E-state index in [1.165, 1.54) is 12.1 Å². The Morgan fingerprint density at radius 2 is 2.19 bits per heavy atom. The molecule has 2 heterocycles. The largest absolute Gasteiger partial charge is 0.369 e. The predicted octanol–water partition coefficient (Wildman–Crippen LogP) is 2.48. The van der Waals surface area contributed by atoms with Crippen molar-refractivity contribution in [2.45, 2.75) is 25.9 Å². The van der Waals surface area contributed by atoms with Crippen molar-refractivity contribution >= 4 is 11.6 Å². The number of aromatic nitrogens is 2. The molecule has 110 valence electrons. The lowest BCUT2D eigenvalue weighted by atomic mass is 10.1. The first-order valence-electron chi connectivity index (χ1n) is 6.94. The van der Waals surface area contributed by atoms with E-state index in [-0.39, 0.29) is 11.9 Å². The molecule has 0 saturated heterocycles. The second-order valence-electron chi connectivity index (χ2n) is 5.38. The number of hydrogen-bond acceptors (Lipinski definition) is 4. The average molecular weight is 287 g/mol. The maximum Gasteiger partial charge on any atom is 0.196 e. The Labute approximate surface area is 122 Å². The minimum Gasteiger partial charge on any atom is -0.369 e. The fraction of sp³-hybridized carbons (Fsp3) is 0.333. The summed E-state index contributed by atoms with van der Waals surface area (Å²) >= 11 is 0. The van der Waals surface area contributed by atoms with E-state index in [2.05, 4.69) is 28.4 Å². The Hall–Kier alpha value is -2.37. The molecule has 1 aromatic heterocycles. The molecule has 1 unspecified atom stereocenters. The first-order valence-corrected chi connectivity index (χ1v) is 6.94. The second-order valence-corrected chi connectivity index (χ2v) is 5.38. The van der Waals surface area contributed by atoms with Gasteiger partial charge < -0.3 is 15.2 Å². The highest BCUT2D eigenvalue weighted by Crippen LogP contribution is 2.32. The van der Waals surface area contributed by atoms with Crippen molar-refractivity contribution in [3.05, 3.63) is 48.3 Å². The molecular weight excluding hydrogens is 269 g/mol. The molecule has 0 amide bonds. The molecule has 6 heteroatoms. The van der Waals surface area contributed by atoms with E-state index >= 15 is 0 Å². The van der Waals surface area contributed by atoms with E-state index in [9.17, 15) is 4.39 Å². The van der Waals surface area contributed by atoms with Gasteiger partial charge in [-0.3, -0.25) is 4.99 Å². The maximum atomic E-state index is 13.5. The van der Waals surface area contributed by atoms with Gasteiger partial charge in [0.2, 0.25) is 0 Å². The normalized spacial score (nSPS) is 18.4. The van der Waals surface area contributed by atoms with E-state index in [1.807, 2.05) is 17.2 Å². The molecule has 0 radical (unpaired) electrons. The number of halogens is 1. The van der Waals surface area contributed by atoms with E-state index in [0.717, 1.165) is 5.69 Å². The number of guanidine groups is 1. The highest BCUT2D eigenvalue weighted by Gasteiger charge is 2.31. The van der Waals surface area contributed by atoms with E-state index in [0.29, 0.717) is 24.2 Å². The molecule has 0 fully saturated rings. The monoisotopic (exact) mass is 287 g/mol. The standard InChI is InChI=1S/C15H18FN5/c1-10(2)20-9-18-7-13(20)14-8-19-15(17)21(14)12-5-3-4-11(16)6-12/h3-7,9-10,14H,8H2,1-2H3,(H2,17,19). The molecule has 1 aromatic carbocycles. The number of rotatable bonds is 3. The predicted molar refractivity (Wildman–Crippen MR) is 80.7 cm³/mol. The van der Waals surface area contributed by atoms with Crippen LogP contribution in [0.1, 0.15) is 31.6 Å². The summed E-state index contributed by atoms with van der Waals surface area (Å²) in [5.41, 5.74) is 7.74. The van der Waals surface area contributed by atoms with Crippen molar-refractivity contribution in [1.29, 1.82) is 0 Å². The topological polar surface area (TPSA) is 59.4 Å². The number of benzene rings is 1. The number of hydrogen-bond donors (Lipinski definition) is 1. The highest BCUT2D eigenvalue weighted by atomic mass is 19.1. The van der Waals surface area contributed by atoms with Crippen LogP contribution in [0.3, 0.4) is 0 Å². The molecule has 21 heavy (non-hydrogen) atoms. The summed E-state index contributed by atoms with van der Waals surface area (Å²) in [5.74, 6) is 0.116. The summed E-state index contributed by atoms with van der Waals surface area (Å²) in [6.45, 7) is 4.73. The minimum atomic E-state index is -0.289. The molecule has 2 aromatic rings. The summed E-state index contributed by atoms with van der Waals surface area (Å²) in [5, 5.41) is 0. The molecule has 0 aliphatic carbocycles. The molecule has 2 N–H and O–H groups in total. The third-order valence-corrected chi connectivity index (χ3v) is 3.66. The van der Waals surface area contributed by atoms with Crippen molar-refractivity contribution in [2.75, 3.05) is 11.4 Å². The molecule has 5 nitrogen and oxygen atoms in total. The summed E-state index contributed by atoms with van der Waals surface area (Å²) in [4.78, 5) is 10.4. The third kappa shape index (κ3) is 2.37. The smallest absolute Gasteiger partial charge is 0.196 e. The quantitative estimate of drug-likeness (QED) is 0.943. The van der Waals surface area contributed by atoms with Crippen LogP contribution < -0.4 is 10.6 Å². The van der Waals surface area contributed by atoms with Crippen LogP contribution in [0.2, 0.25) is 0 Å². The Morgan fingerprint density at radius 1 is 1.38 bits per heavy atom. The second kappa shape index (κ2) is 5.20. The van der Waals surface area contributed by atoms with Crippen molar-refractivity contribution in [2.24, 2.45) is 10.7 Å². The molecule has 0 spiro atoms. The minimum absolute atomic E-state index is 0.0586. The van der Waals surface area contributed by atoms with Crippen LogP contribution in [0.4, 0.5) is 10.1 Å². The van der Waals surface area contributed by atoms with Gasteiger partial charge >= 0.3 is 0 Å². The van der Waals surface area contributed by atoms with E-state index in [1.54, 1.807) is 12.4 Å². The Morgan fingerprint density at radius 3 is 2.90 bits per heavy atom. The van der Waals surface area contributed by atoms with Crippen LogP contribution in [0, 0.1) is 5.82 Å². The van der Waals surface area contributed by atoms with Crippen molar-refractivity contribution < 1.29 is 4.39 Å². The summed E-state index contributed by atoms with van der Waals surface area (Å²) in [7, 11) is 0. The van der Waals surface area contributed by atoms with Gasteiger partial charge in [0.25, 0.3) is 0 Å². The summed E-state index contributed by atoms with van der Waals surface area (Å²) in [6.07, 6.45) is 3.63. The van der Waals surface area contributed by atoms with Crippen LogP contribution >= 0.6 is 0 Å². The average Bonchev–Trinajstić information content (AvgIpc) is 3.04. The van der Waals surface area contributed by atoms with Gasteiger partial charge in [-0.1, -0.05) is 6.07 Å². The van der Waals surface area contributed by atoms with E-state index in [4.69, 9.17) is 5.73 Å². The van der Waals surface area contributed by atoms with Gasteiger partial charge in [0, 0.05) is 11.7 Å². The zero-order chi connectivity index (χ0) is 15.0. The number of nitrogens with two attached hydrogens (primary N) is 1. The maximum absolute atomic E-state index is 13.5. The van der Waals surface area contributed by atoms with Gasteiger partial charge in [0.1, 0.15) is 5.82 Å². The Balaban J connectivity index is 2.01. The number of aliphatic imine (C=N–C) groups is 1. The zero-order valence-corrected chi connectivity index (χ0v) is 12.1. The number of nitrogens with zero attached hydrogens (tertiary/aromatic N) is 4. The van der Waals surface area contributed by atoms with Crippen molar-refractivity contribution in [3.8, 4) is 0 Å². The first kappa shape index (κ1) is 13.6. The lowest BCUT2D eigenvalue weighted by Crippen LogP contribution is -2.37. The lowest BCUT2D eigenvalue weighted by Gasteiger charge is -2.27. The first-order chi connectivity index (χ1) is 10.1. The third-order valence-electron chi connectivity index (χ3n) is 3.66. The SMILES string of the molecule is CC(C)n1cncc1C1CN=C(N)N1c1cccc(F)c1. The molecular formula is C15H18FN5. The van der Waals surface area contributed by atoms with Crippen LogP contribution in [-0.4, -0.2) is 22.1 Å². The van der Waals surface area contributed by atoms with Crippen LogP contribution in [0.5, 0.6) is 0 Å². The molecule has 0 saturated carbocycles. The van der Waals surface area contributed by atoms with Crippen LogP contribution in [-0.2, 0) is 0 Å².